The minimum Gasteiger partial charge on any atom is -0.376 e. The number of hydrogen-bond donors (Lipinski definition) is 2. The first-order valence-electron chi connectivity index (χ1n) is 9.66. The summed E-state index contributed by atoms with van der Waals surface area (Å²) in [7, 11) is 0. The number of nitrogens with zero attached hydrogens (tertiary/aromatic N) is 3. The lowest BCUT2D eigenvalue weighted by Gasteiger charge is -2.35. The normalized spacial score (nSPS) is 13.6. The number of urea groups is 1. The molecule has 0 aromatic heterocycles. The minimum atomic E-state index is -0.607. The molecule has 0 aliphatic carbocycles. The molecular weight excluding hydrogens is 473 g/mol. The Morgan fingerprint density at radius 1 is 1.09 bits per heavy atom. The van der Waals surface area contributed by atoms with Crippen LogP contribution < -0.4 is 16.0 Å². The molecule has 3 N–H and O–H groups in total. The highest BCUT2D eigenvalue weighted by Gasteiger charge is 2.30. The molecule has 3 rings (SSSR count). The van der Waals surface area contributed by atoms with Gasteiger partial charge in [-0.25, -0.2) is 4.79 Å². The first-order valence-corrected chi connectivity index (χ1v) is 10.8. The Morgan fingerprint density at radius 2 is 1.81 bits per heavy atom. The Hall–Kier alpha value is -2.88. The number of carbonyl (C=O) groups excluding carboxylic acids is 3. The molecule has 32 heavy (non-hydrogen) atoms. The van der Waals surface area contributed by atoms with Crippen LogP contribution in [0.5, 0.6) is 0 Å². The van der Waals surface area contributed by atoms with E-state index >= 15 is 0 Å². The Bertz CT molecular complexity index is 1030. The first kappa shape index (κ1) is 23.8. The van der Waals surface area contributed by atoms with Gasteiger partial charge in [0.15, 0.2) is 5.11 Å². The molecule has 0 unspecified atom stereocenters. The second-order valence-electron chi connectivity index (χ2n) is 7.12. The molecule has 1 aliphatic rings. The number of nitrogens with one attached hydrogen (secondary N) is 1. The third kappa shape index (κ3) is 6.32. The van der Waals surface area contributed by atoms with Crippen LogP contribution in [-0.2, 0) is 16.1 Å². The molecule has 4 amide bonds. The lowest BCUT2D eigenvalue weighted by molar-refractivity contribution is -0.137. The maximum absolute atomic E-state index is 12.9. The Labute approximate surface area is 200 Å². The molecule has 0 radical (unpaired) electrons. The van der Waals surface area contributed by atoms with Crippen LogP contribution in [0.1, 0.15) is 5.56 Å². The molecule has 0 saturated carbocycles. The van der Waals surface area contributed by atoms with Crippen molar-refractivity contribution in [2.24, 2.45) is 5.73 Å². The Kier molecular flexibility index (Phi) is 7.89. The zero-order valence-corrected chi connectivity index (χ0v) is 19.3. The zero-order valence-electron chi connectivity index (χ0n) is 17.0. The molecular formula is C21H21Cl2N5O3S. The average Bonchev–Trinajstić information content (AvgIpc) is 2.74. The molecule has 1 fully saturated rings. The highest BCUT2D eigenvalue weighted by atomic mass is 35.5. The quantitative estimate of drug-likeness (QED) is 0.623. The molecule has 0 spiro atoms. The van der Waals surface area contributed by atoms with E-state index in [1.165, 1.54) is 9.80 Å². The van der Waals surface area contributed by atoms with E-state index < -0.39 is 6.03 Å². The smallest absolute Gasteiger partial charge is 0.324 e. The highest BCUT2D eigenvalue weighted by molar-refractivity contribution is 7.80. The SMILES string of the molecule is NC(=S)NC(=O)N(CC(=O)N1CCN(c2cccc(Cl)c2)C(=O)C1)Cc1ccc(Cl)cc1. The number of nitrogens with two attached hydrogens (primary N) is 1. The zero-order chi connectivity index (χ0) is 23.3. The maximum atomic E-state index is 12.9. The van der Waals surface area contributed by atoms with Gasteiger partial charge in [0.05, 0.1) is 0 Å². The van der Waals surface area contributed by atoms with Crippen molar-refractivity contribution in [3.8, 4) is 0 Å². The van der Waals surface area contributed by atoms with Crippen LogP contribution in [0.25, 0.3) is 0 Å². The van der Waals surface area contributed by atoms with Crippen LogP contribution in [0.3, 0.4) is 0 Å². The number of halogens is 2. The summed E-state index contributed by atoms with van der Waals surface area (Å²) in [6.45, 7) is 0.427. The molecule has 2 aromatic carbocycles. The number of carbonyl (C=O) groups is 3. The number of amides is 4. The van der Waals surface area contributed by atoms with Gasteiger partial charge in [0.2, 0.25) is 11.8 Å². The summed E-state index contributed by atoms with van der Waals surface area (Å²) in [6.07, 6.45) is 0. The van der Waals surface area contributed by atoms with E-state index in [-0.39, 0.29) is 36.6 Å². The molecule has 8 nitrogen and oxygen atoms in total. The highest BCUT2D eigenvalue weighted by Crippen LogP contribution is 2.21. The number of piperazine rings is 1. The topological polar surface area (TPSA) is 99.0 Å². The summed E-state index contributed by atoms with van der Waals surface area (Å²) >= 11 is 16.7. The van der Waals surface area contributed by atoms with Gasteiger partial charge in [0, 0.05) is 35.4 Å². The van der Waals surface area contributed by atoms with E-state index in [0.29, 0.717) is 28.8 Å². The van der Waals surface area contributed by atoms with E-state index in [4.69, 9.17) is 41.2 Å². The van der Waals surface area contributed by atoms with Crippen molar-refractivity contribution in [3.63, 3.8) is 0 Å². The monoisotopic (exact) mass is 493 g/mol. The molecule has 2 aromatic rings. The van der Waals surface area contributed by atoms with Crippen LogP contribution in [0.15, 0.2) is 48.5 Å². The second kappa shape index (κ2) is 10.6. The van der Waals surface area contributed by atoms with E-state index in [2.05, 4.69) is 5.32 Å². The fourth-order valence-corrected chi connectivity index (χ4v) is 3.66. The van der Waals surface area contributed by atoms with Crippen molar-refractivity contribution < 1.29 is 14.4 Å². The van der Waals surface area contributed by atoms with Crippen LogP contribution in [0.2, 0.25) is 10.0 Å². The van der Waals surface area contributed by atoms with E-state index in [1.807, 2.05) is 0 Å². The Balaban J connectivity index is 1.67. The summed E-state index contributed by atoms with van der Waals surface area (Å²) in [4.78, 5) is 42.4. The summed E-state index contributed by atoms with van der Waals surface area (Å²) in [5.41, 5.74) is 6.86. The van der Waals surface area contributed by atoms with Crippen molar-refractivity contribution in [2.75, 3.05) is 31.1 Å². The van der Waals surface area contributed by atoms with Crippen molar-refractivity contribution in [1.82, 2.24) is 15.1 Å². The average molecular weight is 494 g/mol. The fraction of sp³-hybridized carbons (Fsp3) is 0.238. The molecule has 1 heterocycles. The predicted octanol–water partition coefficient (Wildman–Crippen LogP) is 2.62. The molecule has 168 valence electrons. The van der Waals surface area contributed by atoms with E-state index in [1.54, 1.807) is 53.4 Å². The molecule has 0 bridgehead atoms. The van der Waals surface area contributed by atoms with Crippen molar-refractivity contribution in [3.05, 3.63) is 64.1 Å². The minimum absolute atomic E-state index is 0.100. The molecule has 1 aliphatic heterocycles. The lowest BCUT2D eigenvalue weighted by Crippen LogP contribution is -2.55. The molecule has 0 atom stereocenters. The summed E-state index contributed by atoms with van der Waals surface area (Å²) in [6, 6.07) is 13.2. The van der Waals surface area contributed by atoms with Crippen LogP contribution >= 0.6 is 35.4 Å². The second-order valence-corrected chi connectivity index (χ2v) is 8.43. The van der Waals surface area contributed by atoms with Crippen molar-refractivity contribution >= 4 is 64.1 Å². The van der Waals surface area contributed by atoms with Gasteiger partial charge in [-0.1, -0.05) is 41.4 Å². The van der Waals surface area contributed by atoms with Gasteiger partial charge in [0.1, 0.15) is 13.1 Å². The Morgan fingerprint density at radius 3 is 2.44 bits per heavy atom. The number of hydrogen-bond acceptors (Lipinski definition) is 4. The summed E-state index contributed by atoms with van der Waals surface area (Å²) < 4.78 is 0. The first-order chi connectivity index (χ1) is 15.2. The van der Waals surface area contributed by atoms with E-state index in [0.717, 1.165) is 5.56 Å². The van der Waals surface area contributed by atoms with Crippen molar-refractivity contribution in [1.29, 1.82) is 0 Å². The van der Waals surface area contributed by atoms with Gasteiger partial charge in [-0.15, -0.1) is 0 Å². The van der Waals surface area contributed by atoms with Gasteiger partial charge in [0.25, 0.3) is 0 Å². The van der Waals surface area contributed by atoms with Gasteiger partial charge in [-0.05, 0) is 48.1 Å². The summed E-state index contributed by atoms with van der Waals surface area (Å²) in [5, 5.41) is 3.22. The van der Waals surface area contributed by atoms with Crippen LogP contribution in [-0.4, -0.2) is 58.9 Å². The van der Waals surface area contributed by atoms with Crippen LogP contribution in [0, 0.1) is 0 Å². The summed E-state index contributed by atoms with van der Waals surface area (Å²) in [5.74, 6) is -0.597. The number of rotatable bonds is 5. The lowest BCUT2D eigenvalue weighted by atomic mass is 10.2. The predicted molar refractivity (Wildman–Crippen MR) is 128 cm³/mol. The number of anilines is 1. The van der Waals surface area contributed by atoms with E-state index in [9.17, 15) is 14.4 Å². The van der Waals surface area contributed by atoms with Gasteiger partial charge < -0.3 is 20.4 Å². The standard InChI is InChI=1S/C21H21Cl2N5O3S/c22-15-6-4-14(5-7-15)11-27(21(31)25-20(24)32)12-18(29)26-8-9-28(19(30)13-26)17-3-1-2-16(23)10-17/h1-7,10H,8-9,11-13H2,(H3,24,25,31,32). The van der Waals surface area contributed by atoms with Crippen molar-refractivity contribution in [2.45, 2.75) is 6.54 Å². The number of benzene rings is 2. The fourth-order valence-electron chi connectivity index (χ4n) is 3.26. The van der Waals surface area contributed by atoms with Gasteiger partial charge in [-0.3, -0.25) is 14.9 Å². The van der Waals surface area contributed by atoms with Crippen LogP contribution in [0.4, 0.5) is 10.5 Å². The third-order valence-corrected chi connectivity index (χ3v) is 5.41. The van der Waals surface area contributed by atoms with Gasteiger partial charge >= 0.3 is 6.03 Å². The third-order valence-electron chi connectivity index (χ3n) is 4.82. The maximum Gasteiger partial charge on any atom is 0.324 e. The largest absolute Gasteiger partial charge is 0.376 e. The molecule has 1 saturated heterocycles. The van der Waals surface area contributed by atoms with Gasteiger partial charge in [-0.2, -0.15) is 0 Å². The molecule has 11 heteroatoms. The number of thiocarbonyl (C=S) groups is 1.